The maximum atomic E-state index is 11.9. The number of rotatable bonds is 9. The lowest BCUT2D eigenvalue weighted by Gasteiger charge is -2.26. The van der Waals surface area contributed by atoms with Gasteiger partial charge >= 0.3 is 12.0 Å². The van der Waals surface area contributed by atoms with Crippen molar-refractivity contribution >= 4 is 12.0 Å². The van der Waals surface area contributed by atoms with Crippen LogP contribution in [0.15, 0.2) is 0 Å². The van der Waals surface area contributed by atoms with E-state index in [1.807, 2.05) is 13.8 Å². The number of nitrogens with one attached hydrogen (secondary N) is 2. The Bertz CT molecular complexity index is 351. The number of hydrogen-bond donors (Lipinski definition) is 3. The highest BCUT2D eigenvalue weighted by Crippen LogP contribution is 2.48. The summed E-state index contributed by atoms with van der Waals surface area (Å²) in [6.07, 6.45) is 3.67. The van der Waals surface area contributed by atoms with E-state index in [2.05, 4.69) is 10.6 Å². The first-order valence-corrected chi connectivity index (χ1v) is 7.05. The third kappa shape index (κ3) is 6.23. The Morgan fingerprint density at radius 1 is 1.35 bits per heavy atom. The van der Waals surface area contributed by atoms with Crippen LogP contribution >= 0.6 is 0 Å². The lowest BCUT2D eigenvalue weighted by Crippen LogP contribution is -2.49. The Morgan fingerprint density at radius 2 is 2.00 bits per heavy atom. The average Bonchev–Trinajstić information content (AvgIpc) is 3.12. The first kappa shape index (κ1) is 16.8. The molecule has 0 radical (unpaired) electrons. The third-order valence-corrected chi connectivity index (χ3v) is 3.83. The highest BCUT2D eigenvalue weighted by atomic mass is 16.5. The minimum Gasteiger partial charge on any atom is -0.481 e. The molecule has 0 saturated heterocycles. The van der Waals surface area contributed by atoms with Crippen LogP contribution in [0.1, 0.15) is 46.0 Å². The molecule has 3 N–H and O–H groups in total. The van der Waals surface area contributed by atoms with Crippen LogP contribution in [-0.2, 0) is 9.53 Å². The maximum Gasteiger partial charge on any atom is 0.315 e. The van der Waals surface area contributed by atoms with E-state index in [1.54, 1.807) is 7.11 Å². The summed E-state index contributed by atoms with van der Waals surface area (Å²) in [5.41, 5.74) is -0.315. The molecule has 6 nitrogen and oxygen atoms in total. The summed E-state index contributed by atoms with van der Waals surface area (Å²) in [5.74, 6) is -0.850. The molecule has 116 valence electrons. The van der Waals surface area contributed by atoms with Crippen LogP contribution < -0.4 is 10.6 Å². The van der Waals surface area contributed by atoms with Crippen molar-refractivity contribution in [2.75, 3.05) is 20.3 Å². The van der Waals surface area contributed by atoms with Crippen molar-refractivity contribution in [2.24, 2.45) is 5.41 Å². The zero-order valence-corrected chi connectivity index (χ0v) is 12.6. The van der Waals surface area contributed by atoms with Crippen LogP contribution in [-0.4, -0.2) is 42.9 Å². The number of carboxylic acids is 1. The molecule has 0 aromatic carbocycles. The molecule has 1 fully saturated rings. The van der Waals surface area contributed by atoms with Crippen LogP contribution in [0, 0.1) is 5.41 Å². The number of ether oxygens (including phenoxy) is 1. The molecule has 6 heteroatoms. The van der Waals surface area contributed by atoms with Gasteiger partial charge in [-0.1, -0.05) is 0 Å². The fraction of sp³-hybridized carbons (Fsp3) is 0.857. The molecule has 1 aliphatic carbocycles. The summed E-state index contributed by atoms with van der Waals surface area (Å²) >= 11 is 0. The SMILES string of the molecule is COCCC1(CNC(=O)NC(C)(C)CCC(=O)O)CC1. The minimum absolute atomic E-state index is 0.0467. The largest absolute Gasteiger partial charge is 0.481 e. The fourth-order valence-corrected chi connectivity index (χ4v) is 2.11. The van der Waals surface area contributed by atoms with Gasteiger partial charge in [0, 0.05) is 32.2 Å². The zero-order chi connectivity index (χ0) is 15.2. The molecular weight excluding hydrogens is 260 g/mol. The normalized spacial score (nSPS) is 16.6. The number of hydrogen-bond acceptors (Lipinski definition) is 3. The number of aliphatic carboxylic acids is 1. The highest BCUT2D eigenvalue weighted by Gasteiger charge is 2.42. The highest BCUT2D eigenvalue weighted by molar-refractivity contribution is 5.75. The van der Waals surface area contributed by atoms with E-state index in [4.69, 9.17) is 9.84 Å². The Hall–Kier alpha value is -1.30. The second-order valence-electron chi connectivity index (χ2n) is 6.33. The Kier molecular flexibility index (Phi) is 5.80. The van der Waals surface area contributed by atoms with Crippen molar-refractivity contribution in [3.8, 4) is 0 Å². The van der Waals surface area contributed by atoms with Crippen LogP contribution in [0.5, 0.6) is 0 Å². The van der Waals surface area contributed by atoms with E-state index in [1.165, 1.54) is 0 Å². The van der Waals surface area contributed by atoms with Crippen LogP contribution in [0.3, 0.4) is 0 Å². The van der Waals surface area contributed by atoms with Crippen LogP contribution in [0.25, 0.3) is 0 Å². The number of carbonyl (C=O) groups is 2. The van der Waals surface area contributed by atoms with Gasteiger partial charge in [0.2, 0.25) is 0 Å². The van der Waals surface area contributed by atoms with Gasteiger partial charge in [-0.3, -0.25) is 4.79 Å². The smallest absolute Gasteiger partial charge is 0.315 e. The lowest BCUT2D eigenvalue weighted by atomic mass is 9.98. The van der Waals surface area contributed by atoms with Crippen molar-refractivity contribution in [1.29, 1.82) is 0 Å². The van der Waals surface area contributed by atoms with Gasteiger partial charge in [-0.2, -0.15) is 0 Å². The van der Waals surface area contributed by atoms with Crippen molar-refractivity contribution in [2.45, 2.75) is 51.5 Å². The Balaban J connectivity index is 2.27. The molecule has 0 aliphatic heterocycles. The summed E-state index contributed by atoms with van der Waals surface area (Å²) < 4.78 is 5.08. The molecule has 20 heavy (non-hydrogen) atoms. The summed E-state index contributed by atoms with van der Waals surface area (Å²) in [5, 5.41) is 14.4. The number of carbonyl (C=O) groups excluding carboxylic acids is 1. The van der Waals surface area contributed by atoms with Gasteiger partial charge in [0.15, 0.2) is 0 Å². The predicted octanol–water partition coefficient (Wildman–Crippen LogP) is 1.75. The monoisotopic (exact) mass is 286 g/mol. The summed E-state index contributed by atoms with van der Waals surface area (Å²) in [4.78, 5) is 22.4. The van der Waals surface area contributed by atoms with Crippen LogP contribution in [0.2, 0.25) is 0 Å². The average molecular weight is 286 g/mol. The van der Waals surface area contributed by atoms with Gasteiger partial charge < -0.3 is 20.5 Å². The summed E-state index contributed by atoms with van der Waals surface area (Å²) in [6.45, 7) is 5.02. The third-order valence-electron chi connectivity index (χ3n) is 3.83. The van der Waals surface area contributed by atoms with E-state index in [0.717, 1.165) is 19.3 Å². The summed E-state index contributed by atoms with van der Waals surface area (Å²) in [7, 11) is 1.68. The quantitative estimate of drug-likeness (QED) is 0.602. The standard InChI is InChI=1S/C14H26N2O4/c1-13(2,5-4-11(17)18)16-12(19)15-10-14(6-7-14)8-9-20-3/h4-10H2,1-3H3,(H,17,18)(H2,15,16,19). The number of urea groups is 1. The Labute approximate surface area is 120 Å². The van der Waals surface area contributed by atoms with Gasteiger partial charge in [-0.25, -0.2) is 4.79 Å². The number of carboxylic acid groups (broad SMARTS) is 1. The molecule has 0 bridgehead atoms. The maximum absolute atomic E-state index is 11.9. The molecule has 0 spiro atoms. The molecule has 0 heterocycles. The van der Waals surface area contributed by atoms with Crippen molar-refractivity contribution in [1.82, 2.24) is 10.6 Å². The second-order valence-corrected chi connectivity index (χ2v) is 6.33. The Morgan fingerprint density at radius 3 is 2.50 bits per heavy atom. The predicted molar refractivity (Wildman–Crippen MR) is 75.6 cm³/mol. The molecular formula is C14H26N2O4. The number of amides is 2. The van der Waals surface area contributed by atoms with Crippen LogP contribution in [0.4, 0.5) is 4.79 Å². The van der Waals surface area contributed by atoms with Crippen molar-refractivity contribution in [3.63, 3.8) is 0 Å². The van der Waals surface area contributed by atoms with E-state index >= 15 is 0 Å². The molecule has 0 aromatic rings. The first-order valence-electron chi connectivity index (χ1n) is 7.05. The fourth-order valence-electron chi connectivity index (χ4n) is 2.11. The van der Waals surface area contributed by atoms with Gasteiger partial charge in [-0.15, -0.1) is 0 Å². The second kappa shape index (κ2) is 6.92. The van der Waals surface area contributed by atoms with E-state index in [-0.39, 0.29) is 17.9 Å². The van der Waals surface area contributed by atoms with Gasteiger partial charge in [-0.05, 0) is 44.9 Å². The zero-order valence-electron chi connectivity index (χ0n) is 12.6. The van der Waals surface area contributed by atoms with E-state index in [0.29, 0.717) is 19.6 Å². The topological polar surface area (TPSA) is 87.7 Å². The van der Waals surface area contributed by atoms with Crippen molar-refractivity contribution in [3.05, 3.63) is 0 Å². The molecule has 1 rings (SSSR count). The lowest BCUT2D eigenvalue weighted by molar-refractivity contribution is -0.137. The van der Waals surface area contributed by atoms with Gasteiger partial charge in [0.1, 0.15) is 0 Å². The number of methoxy groups -OCH3 is 1. The van der Waals surface area contributed by atoms with Gasteiger partial charge in [0.25, 0.3) is 0 Å². The molecule has 1 aliphatic rings. The summed E-state index contributed by atoms with van der Waals surface area (Å²) in [6, 6.07) is -0.232. The first-order chi connectivity index (χ1) is 9.29. The molecule has 2 amide bonds. The minimum atomic E-state index is -0.850. The van der Waals surface area contributed by atoms with E-state index in [9.17, 15) is 9.59 Å². The molecule has 0 atom stereocenters. The molecule has 0 aromatic heterocycles. The van der Waals surface area contributed by atoms with Crippen molar-refractivity contribution < 1.29 is 19.4 Å². The molecule has 1 saturated carbocycles. The molecule has 0 unspecified atom stereocenters. The van der Waals surface area contributed by atoms with E-state index < -0.39 is 11.5 Å². The van der Waals surface area contributed by atoms with Gasteiger partial charge in [0.05, 0.1) is 0 Å².